The second kappa shape index (κ2) is 10.4. The van der Waals surface area contributed by atoms with Gasteiger partial charge in [0.15, 0.2) is 0 Å². The van der Waals surface area contributed by atoms with Gasteiger partial charge in [0.2, 0.25) is 0 Å². The third-order valence-electron chi connectivity index (χ3n) is 4.52. The molecular formula is C19H28N6O2. The largest absolute Gasteiger partial charge is 0.446 e. The molecule has 8 heteroatoms. The summed E-state index contributed by atoms with van der Waals surface area (Å²) in [4.78, 5) is 16.2. The van der Waals surface area contributed by atoms with Crippen LogP contribution in [0.25, 0.3) is 0 Å². The van der Waals surface area contributed by atoms with Crippen molar-refractivity contribution in [3.8, 4) is 0 Å². The summed E-state index contributed by atoms with van der Waals surface area (Å²) in [7, 11) is 0. The number of pyridine rings is 1. The zero-order chi connectivity index (χ0) is 18.7. The van der Waals surface area contributed by atoms with Crippen LogP contribution in [-0.4, -0.2) is 40.5 Å². The summed E-state index contributed by atoms with van der Waals surface area (Å²) in [6.07, 6.45) is 8.87. The molecule has 0 aromatic carbocycles. The van der Waals surface area contributed by atoms with Crippen molar-refractivity contribution in [2.24, 2.45) is 0 Å². The number of H-pyrrole nitrogens is 1. The lowest BCUT2D eigenvalue weighted by molar-refractivity contribution is 0.101. The number of hydrogen-bond donors (Lipinski definition) is 4. The van der Waals surface area contributed by atoms with Crippen molar-refractivity contribution in [1.82, 2.24) is 20.5 Å². The molecule has 2 aromatic heterocycles. The zero-order valence-corrected chi connectivity index (χ0v) is 15.5. The van der Waals surface area contributed by atoms with Crippen molar-refractivity contribution in [2.75, 3.05) is 23.7 Å². The number of alkyl carbamates (subject to hydrolysis) is 1. The molecule has 0 spiro atoms. The second-order valence-corrected chi connectivity index (χ2v) is 6.73. The number of ether oxygens (including phenoxy) is 1. The average molecular weight is 372 g/mol. The van der Waals surface area contributed by atoms with E-state index in [0.717, 1.165) is 56.1 Å². The maximum atomic E-state index is 11.7. The van der Waals surface area contributed by atoms with Crippen molar-refractivity contribution >= 4 is 23.5 Å². The van der Waals surface area contributed by atoms with E-state index in [4.69, 9.17) is 4.74 Å². The number of carbonyl (C=O) groups excluding carboxylic acids is 1. The Morgan fingerprint density at radius 2 is 1.93 bits per heavy atom. The van der Waals surface area contributed by atoms with Gasteiger partial charge in [0, 0.05) is 19.2 Å². The fraction of sp³-hybridized carbons (Fsp3) is 0.526. The van der Waals surface area contributed by atoms with Crippen molar-refractivity contribution in [2.45, 2.75) is 51.0 Å². The number of aromatic amines is 1. The Hall–Kier alpha value is -2.77. The van der Waals surface area contributed by atoms with Crippen molar-refractivity contribution < 1.29 is 9.53 Å². The topological polar surface area (TPSA) is 104 Å². The molecule has 1 saturated carbocycles. The van der Waals surface area contributed by atoms with E-state index in [1.54, 1.807) is 6.20 Å². The lowest BCUT2D eigenvalue weighted by atomic mass is 10.2. The summed E-state index contributed by atoms with van der Waals surface area (Å²) in [5.74, 6) is 2.39. The molecule has 3 rings (SSSR count). The van der Waals surface area contributed by atoms with Gasteiger partial charge in [0.25, 0.3) is 0 Å². The van der Waals surface area contributed by atoms with Gasteiger partial charge in [-0.05, 0) is 57.1 Å². The molecule has 0 saturated heterocycles. The Kier molecular flexibility index (Phi) is 7.32. The Morgan fingerprint density at radius 3 is 2.74 bits per heavy atom. The van der Waals surface area contributed by atoms with E-state index >= 15 is 0 Å². The van der Waals surface area contributed by atoms with Gasteiger partial charge < -0.3 is 20.7 Å². The Labute approximate surface area is 159 Å². The zero-order valence-electron chi connectivity index (χ0n) is 15.5. The van der Waals surface area contributed by atoms with Gasteiger partial charge in [0.1, 0.15) is 23.6 Å². The van der Waals surface area contributed by atoms with Crippen LogP contribution in [0.2, 0.25) is 0 Å². The molecule has 8 nitrogen and oxygen atoms in total. The number of nitrogens with zero attached hydrogens (tertiary/aromatic N) is 2. The molecule has 2 aromatic rings. The normalized spacial score (nSPS) is 14.1. The molecule has 1 aliphatic carbocycles. The third-order valence-corrected chi connectivity index (χ3v) is 4.52. The predicted octanol–water partition coefficient (Wildman–Crippen LogP) is 3.80. The number of hydrogen-bond acceptors (Lipinski definition) is 6. The number of aromatic nitrogens is 3. The summed E-state index contributed by atoms with van der Waals surface area (Å²) in [5.41, 5.74) is 0. The molecule has 0 unspecified atom stereocenters. The minimum Gasteiger partial charge on any atom is -0.446 e. The van der Waals surface area contributed by atoms with Gasteiger partial charge >= 0.3 is 6.09 Å². The quantitative estimate of drug-likeness (QED) is 0.473. The maximum absolute atomic E-state index is 11.7. The number of carbonyl (C=O) groups is 1. The van der Waals surface area contributed by atoms with E-state index in [0.29, 0.717) is 6.54 Å². The van der Waals surface area contributed by atoms with Crippen LogP contribution in [0.3, 0.4) is 0 Å². The average Bonchev–Trinajstić information content (AvgIpc) is 3.35. The molecule has 1 aliphatic rings. The van der Waals surface area contributed by atoms with Crippen LogP contribution in [0.5, 0.6) is 0 Å². The number of nitrogens with one attached hydrogen (secondary N) is 4. The van der Waals surface area contributed by atoms with Crippen LogP contribution in [0, 0.1) is 0 Å². The highest BCUT2D eigenvalue weighted by Crippen LogP contribution is 2.20. The molecule has 27 heavy (non-hydrogen) atoms. The number of amides is 1. The third kappa shape index (κ3) is 6.80. The fourth-order valence-electron chi connectivity index (χ4n) is 3.10. The second-order valence-electron chi connectivity index (χ2n) is 6.73. The highest BCUT2D eigenvalue weighted by atomic mass is 16.6. The Balaban J connectivity index is 1.24. The Bertz CT molecular complexity index is 685. The Morgan fingerprint density at radius 1 is 1.11 bits per heavy atom. The van der Waals surface area contributed by atoms with Gasteiger partial charge in [-0.3, -0.25) is 5.10 Å². The first-order valence-corrected chi connectivity index (χ1v) is 9.71. The molecule has 0 bridgehead atoms. The van der Waals surface area contributed by atoms with Crippen molar-refractivity contribution in [3.63, 3.8) is 0 Å². The van der Waals surface area contributed by atoms with E-state index in [1.165, 1.54) is 12.8 Å². The van der Waals surface area contributed by atoms with Crippen LogP contribution in [-0.2, 0) is 4.74 Å². The molecule has 0 atom stereocenters. The summed E-state index contributed by atoms with van der Waals surface area (Å²) >= 11 is 0. The summed E-state index contributed by atoms with van der Waals surface area (Å²) in [5, 5.41) is 16.1. The van der Waals surface area contributed by atoms with Gasteiger partial charge in [-0.25, -0.2) is 9.78 Å². The molecule has 1 amide bonds. The van der Waals surface area contributed by atoms with E-state index in [2.05, 4.69) is 31.1 Å². The standard InChI is InChI=1S/C19H28N6O2/c26-19(27-15-7-2-3-8-15)21-13-5-1-4-12-20-16-9-6-10-17(23-16)24-18-11-14-22-25-18/h6,9-11,14-15H,1-5,7-8,12-13H2,(H,21,26)(H3,20,22,23,24,25). The van der Waals surface area contributed by atoms with E-state index in [9.17, 15) is 4.79 Å². The predicted molar refractivity (Wildman–Crippen MR) is 105 cm³/mol. The van der Waals surface area contributed by atoms with Crippen molar-refractivity contribution in [3.05, 3.63) is 30.5 Å². The number of unbranched alkanes of at least 4 members (excludes halogenated alkanes) is 2. The van der Waals surface area contributed by atoms with E-state index < -0.39 is 0 Å². The lowest BCUT2D eigenvalue weighted by Gasteiger charge is -2.12. The smallest absolute Gasteiger partial charge is 0.407 e. The van der Waals surface area contributed by atoms with Gasteiger partial charge in [-0.2, -0.15) is 5.10 Å². The molecule has 1 fully saturated rings. The number of anilines is 3. The molecule has 4 N–H and O–H groups in total. The number of rotatable bonds is 10. The highest BCUT2D eigenvalue weighted by molar-refractivity contribution is 5.67. The van der Waals surface area contributed by atoms with E-state index in [-0.39, 0.29) is 12.2 Å². The van der Waals surface area contributed by atoms with Crippen molar-refractivity contribution in [1.29, 1.82) is 0 Å². The van der Waals surface area contributed by atoms with Crippen LogP contribution in [0.15, 0.2) is 30.5 Å². The molecular weight excluding hydrogens is 344 g/mol. The SMILES string of the molecule is O=C(NCCCCCNc1cccc(Nc2ccn[nH]2)n1)OC1CCCC1. The first kappa shape index (κ1) is 19.0. The fourth-order valence-corrected chi connectivity index (χ4v) is 3.10. The highest BCUT2D eigenvalue weighted by Gasteiger charge is 2.18. The monoisotopic (exact) mass is 372 g/mol. The van der Waals surface area contributed by atoms with E-state index in [1.807, 2.05) is 24.3 Å². The minimum absolute atomic E-state index is 0.125. The molecule has 0 radical (unpaired) electrons. The molecule has 146 valence electrons. The van der Waals surface area contributed by atoms with Gasteiger partial charge in [-0.15, -0.1) is 0 Å². The lowest BCUT2D eigenvalue weighted by Crippen LogP contribution is -2.28. The van der Waals surface area contributed by atoms with Crippen LogP contribution in [0.1, 0.15) is 44.9 Å². The first-order chi connectivity index (χ1) is 13.3. The summed E-state index contributed by atoms with van der Waals surface area (Å²) in [6, 6.07) is 7.65. The van der Waals surface area contributed by atoms with Gasteiger partial charge in [0.05, 0.1) is 6.20 Å². The van der Waals surface area contributed by atoms with Crippen LogP contribution in [0.4, 0.5) is 22.2 Å². The van der Waals surface area contributed by atoms with Crippen LogP contribution < -0.4 is 16.0 Å². The van der Waals surface area contributed by atoms with Gasteiger partial charge in [-0.1, -0.05) is 6.07 Å². The summed E-state index contributed by atoms with van der Waals surface area (Å²) < 4.78 is 5.36. The van der Waals surface area contributed by atoms with Crippen LogP contribution >= 0.6 is 0 Å². The summed E-state index contributed by atoms with van der Waals surface area (Å²) in [6.45, 7) is 1.50. The first-order valence-electron chi connectivity index (χ1n) is 9.71. The maximum Gasteiger partial charge on any atom is 0.407 e. The minimum atomic E-state index is -0.272. The molecule has 2 heterocycles. The molecule has 0 aliphatic heterocycles.